The molecule has 21 heavy (non-hydrogen) atoms. The number of nitrogens with zero attached hydrogens (tertiary/aromatic N) is 1. The summed E-state index contributed by atoms with van der Waals surface area (Å²) in [5.74, 6) is -1.29. The van der Waals surface area contributed by atoms with Gasteiger partial charge >= 0.3 is 5.97 Å². The van der Waals surface area contributed by atoms with Crippen LogP contribution in [0.1, 0.15) is 0 Å². The fourth-order valence-corrected chi connectivity index (χ4v) is 2.08. The van der Waals surface area contributed by atoms with Gasteiger partial charge in [0.15, 0.2) is 6.10 Å². The van der Waals surface area contributed by atoms with Gasteiger partial charge in [0.05, 0.1) is 25.9 Å². The molecule has 1 aliphatic heterocycles. The lowest BCUT2D eigenvalue weighted by Crippen LogP contribution is -2.48. The summed E-state index contributed by atoms with van der Waals surface area (Å²) in [6.45, 7) is 1.20. The lowest BCUT2D eigenvalue weighted by Gasteiger charge is -2.30. The minimum Gasteiger partial charge on any atom is -0.467 e. The summed E-state index contributed by atoms with van der Waals surface area (Å²) in [6, 6.07) is 5.95. The van der Waals surface area contributed by atoms with Gasteiger partial charge in [0, 0.05) is 13.1 Å². The molecule has 0 aromatic heterocycles. The molecular formula is C14H17FN2O4. The van der Waals surface area contributed by atoms with Crippen LogP contribution >= 0.6 is 0 Å². The second kappa shape index (κ2) is 7.14. The first-order valence-corrected chi connectivity index (χ1v) is 6.56. The number of hydrogen-bond acceptors (Lipinski definition) is 5. The van der Waals surface area contributed by atoms with E-state index in [-0.39, 0.29) is 24.7 Å². The minimum absolute atomic E-state index is 0.0607. The van der Waals surface area contributed by atoms with E-state index in [1.54, 1.807) is 17.0 Å². The summed E-state index contributed by atoms with van der Waals surface area (Å²) in [4.78, 5) is 25.1. The third-order valence-electron chi connectivity index (χ3n) is 3.13. The van der Waals surface area contributed by atoms with Crippen molar-refractivity contribution in [1.29, 1.82) is 0 Å². The summed E-state index contributed by atoms with van der Waals surface area (Å²) in [7, 11) is 1.29. The van der Waals surface area contributed by atoms with Crippen LogP contribution in [0, 0.1) is 5.82 Å². The van der Waals surface area contributed by atoms with Gasteiger partial charge in [-0.1, -0.05) is 12.1 Å². The molecule has 2 rings (SSSR count). The Morgan fingerprint density at radius 2 is 2.24 bits per heavy atom. The highest BCUT2D eigenvalue weighted by Gasteiger charge is 2.28. The molecular weight excluding hydrogens is 279 g/mol. The molecule has 1 N–H and O–H groups in total. The molecule has 1 aromatic carbocycles. The van der Waals surface area contributed by atoms with Gasteiger partial charge in [0.1, 0.15) is 5.82 Å². The Labute approximate surface area is 121 Å². The zero-order valence-corrected chi connectivity index (χ0v) is 11.7. The molecule has 0 radical (unpaired) electrons. The molecule has 0 saturated carbocycles. The number of anilines is 1. The predicted octanol–water partition coefficient (Wildman–Crippen LogP) is 0.638. The molecule has 1 atom stereocenters. The smallest absolute Gasteiger partial charge is 0.336 e. The van der Waals surface area contributed by atoms with E-state index in [2.05, 4.69) is 10.1 Å². The van der Waals surface area contributed by atoms with Gasteiger partial charge < -0.3 is 14.8 Å². The Morgan fingerprint density at radius 3 is 2.95 bits per heavy atom. The van der Waals surface area contributed by atoms with E-state index >= 15 is 0 Å². The molecule has 0 spiro atoms. The lowest BCUT2D eigenvalue weighted by atomic mass is 10.2. The molecule has 1 aliphatic rings. The SMILES string of the molecule is COC(=O)C1CN(CC(=O)Nc2ccccc2F)CCO1. The minimum atomic E-state index is -0.690. The van der Waals surface area contributed by atoms with Crippen LogP contribution in [0.25, 0.3) is 0 Å². The molecule has 1 saturated heterocycles. The number of methoxy groups -OCH3 is 1. The van der Waals surface area contributed by atoms with E-state index in [1.807, 2.05) is 0 Å². The molecule has 1 unspecified atom stereocenters. The first-order chi connectivity index (χ1) is 10.1. The van der Waals surface area contributed by atoms with Gasteiger partial charge in [0.25, 0.3) is 0 Å². The highest BCUT2D eigenvalue weighted by Crippen LogP contribution is 2.13. The molecule has 1 amide bonds. The average Bonchev–Trinajstić information content (AvgIpc) is 2.49. The fraction of sp³-hybridized carbons (Fsp3) is 0.429. The number of carbonyl (C=O) groups is 2. The van der Waals surface area contributed by atoms with E-state index in [0.29, 0.717) is 13.2 Å². The summed E-state index contributed by atoms with van der Waals surface area (Å²) in [6.07, 6.45) is -0.690. The van der Waals surface area contributed by atoms with Gasteiger partial charge in [-0.3, -0.25) is 9.69 Å². The lowest BCUT2D eigenvalue weighted by molar-refractivity contribution is -0.160. The topological polar surface area (TPSA) is 67.9 Å². The zero-order chi connectivity index (χ0) is 15.2. The molecule has 6 nitrogen and oxygen atoms in total. The van der Waals surface area contributed by atoms with Crippen molar-refractivity contribution >= 4 is 17.6 Å². The first-order valence-electron chi connectivity index (χ1n) is 6.56. The number of benzene rings is 1. The quantitative estimate of drug-likeness (QED) is 0.826. The number of morpholine rings is 1. The molecule has 1 fully saturated rings. The summed E-state index contributed by atoms with van der Waals surface area (Å²) < 4.78 is 23.3. The number of nitrogens with one attached hydrogen (secondary N) is 1. The van der Waals surface area contributed by atoms with Crippen LogP contribution in [0.5, 0.6) is 0 Å². The zero-order valence-electron chi connectivity index (χ0n) is 11.7. The van der Waals surface area contributed by atoms with E-state index in [0.717, 1.165) is 0 Å². The first kappa shape index (κ1) is 15.4. The average molecular weight is 296 g/mol. The molecule has 1 heterocycles. The van der Waals surface area contributed by atoms with Crippen LogP contribution in [-0.2, 0) is 19.1 Å². The van der Waals surface area contributed by atoms with Crippen LogP contribution in [0.4, 0.5) is 10.1 Å². The number of esters is 1. The van der Waals surface area contributed by atoms with E-state index < -0.39 is 17.9 Å². The van der Waals surface area contributed by atoms with Crippen molar-refractivity contribution in [3.05, 3.63) is 30.1 Å². The van der Waals surface area contributed by atoms with Crippen LogP contribution in [0.3, 0.4) is 0 Å². The van der Waals surface area contributed by atoms with Crippen molar-refractivity contribution in [3.63, 3.8) is 0 Å². The number of rotatable bonds is 4. The normalized spacial score (nSPS) is 19.0. The maximum atomic E-state index is 13.4. The van der Waals surface area contributed by atoms with E-state index in [4.69, 9.17) is 4.74 Å². The fourth-order valence-electron chi connectivity index (χ4n) is 2.08. The Morgan fingerprint density at radius 1 is 1.48 bits per heavy atom. The number of para-hydroxylation sites is 1. The van der Waals surface area contributed by atoms with Gasteiger partial charge in [-0.25, -0.2) is 9.18 Å². The van der Waals surface area contributed by atoms with Gasteiger partial charge in [-0.15, -0.1) is 0 Å². The highest BCUT2D eigenvalue weighted by molar-refractivity contribution is 5.92. The van der Waals surface area contributed by atoms with Crippen molar-refractivity contribution in [2.45, 2.75) is 6.10 Å². The second-order valence-corrected chi connectivity index (χ2v) is 4.65. The standard InChI is InChI=1S/C14H17FN2O4/c1-20-14(19)12-8-17(6-7-21-12)9-13(18)16-11-5-3-2-4-10(11)15/h2-5,12H,6-9H2,1H3,(H,16,18). The molecule has 1 aromatic rings. The van der Waals surface area contributed by atoms with Gasteiger partial charge in [-0.2, -0.15) is 0 Å². The second-order valence-electron chi connectivity index (χ2n) is 4.65. The van der Waals surface area contributed by atoms with E-state index in [9.17, 15) is 14.0 Å². The number of hydrogen-bond donors (Lipinski definition) is 1. The molecule has 0 bridgehead atoms. The van der Waals surface area contributed by atoms with Gasteiger partial charge in [-0.05, 0) is 12.1 Å². The van der Waals surface area contributed by atoms with Crippen molar-refractivity contribution in [2.75, 3.05) is 38.7 Å². The Hall–Kier alpha value is -1.99. The van der Waals surface area contributed by atoms with Crippen molar-refractivity contribution in [2.24, 2.45) is 0 Å². The van der Waals surface area contributed by atoms with Crippen molar-refractivity contribution < 1.29 is 23.5 Å². The molecule has 114 valence electrons. The number of carbonyl (C=O) groups excluding carboxylic acids is 2. The third-order valence-corrected chi connectivity index (χ3v) is 3.13. The number of amides is 1. The maximum Gasteiger partial charge on any atom is 0.336 e. The summed E-state index contributed by atoms with van der Waals surface area (Å²) in [5.41, 5.74) is 0.139. The maximum absolute atomic E-state index is 13.4. The Kier molecular flexibility index (Phi) is 5.24. The number of ether oxygens (including phenoxy) is 2. The highest BCUT2D eigenvalue weighted by atomic mass is 19.1. The van der Waals surface area contributed by atoms with Crippen LogP contribution < -0.4 is 5.32 Å². The Balaban J connectivity index is 1.88. The van der Waals surface area contributed by atoms with Crippen LogP contribution in [0.15, 0.2) is 24.3 Å². The third kappa shape index (κ3) is 4.24. The van der Waals surface area contributed by atoms with Crippen molar-refractivity contribution in [3.8, 4) is 0 Å². The summed E-state index contributed by atoms with van der Waals surface area (Å²) in [5, 5.41) is 2.50. The van der Waals surface area contributed by atoms with E-state index in [1.165, 1.54) is 19.2 Å². The molecule has 7 heteroatoms. The monoisotopic (exact) mass is 296 g/mol. The van der Waals surface area contributed by atoms with Crippen LogP contribution in [-0.4, -0.2) is 56.2 Å². The molecule has 0 aliphatic carbocycles. The largest absolute Gasteiger partial charge is 0.467 e. The summed E-state index contributed by atoms with van der Waals surface area (Å²) >= 11 is 0. The van der Waals surface area contributed by atoms with Gasteiger partial charge in [0.2, 0.25) is 5.91 Å². The van der Waals surface area contributed by atoms with Crippen molar-refractivity contribution in [1.82, 2.24) is 4.90 Å². The predicted molar refractivity (Wildman–Crippen MR) is 73.2 cm³/mol. The van der Waals surface area contributed by atoms with Crippen LogP contribution in [0.2, 0.25) is 0 Å². The Bertz CT molecular complexity index is 523. The number of halogens is 1.